The topological polar surface area (TPSA) is 64.6 Å². The molecule has 0 unspecified atom stereocenters. The first-order valence-corrected chi connectivity index (χ1v) is 11.0. The van der Waals surface area contributed by atoms with Crippen molar-refractivity contribution in [2.75, 3.05) is 32.2 Å². The first-order valence-electron chi connectivity index (χ1n) is 9.07. The van der Waals surface area contributed by atoms with E-state index in [4.69, 9.17) is 21.1 Å². The summed E-state index contributed by atoms with van der Waals surface area (Å²) in [5.74, 6) is -2.83. The van der Waals surface area contributed by atoms with E-state index in [1.807, 2.05) is 6.07 Å². The molecule has 0 radical (unpaired) electrons. The molecule has 0 amide bonds. The molecule has 1 saturated heterocycles. The highest BCUT2D eigenvalue weighted by atomic mass is 35.5. The van der Waals surface area contributed by atoms with Crippen LogP contribution < -0.4 is 10.1 Å². The zero-order valence-corrected chi connectivity index (χ0v) is 17.4. The lowest BCUT2D eigenvalue weighted by Crippen LogP contribution is -2.40. The number of rotatable bonds is 7. The van der Waals surface area contributed by atoms with E-state index in [9.17, 15) is 17.2 Å². The van der Waals surface area contributed by atoms with E-state index in [1.54, 1.807) is 25.3 Å². The van der Waals surface area contributed by atoms with Gasteiger partial charge in [-0.05, 0) is 43.2 Å². The summed E-state index contributed by atoms with van der Waals surface area (Å²) in [6, 6.07) is 11.0. The summed E-state index contributed by atoms with van der Waals surface area (Å²) in [4.78, 5) is -0.421. The van der Waals surface area contributed by atoms with Gasteiger partial charge < -0.3 is 14.8 Å². The summed E-state index contributed by atoms with van der Waals surface area (Å²) >= 11 is 6.22. The van der Waals surface area contributed by atoms with Gasteiger partial charge in [-0.15, -0.1) is 0 Å². The lowest BCUT2D eigenvalue weighted by Gasteiger charge is -2.39. The molecule has 0 atom stereocenters. The van der Waals surface area contributed by atoms with E-state index >= 15 is 0 Å². The van der Waals surface area contributed by atoms with Gasteiger partial charge in [-0.1, -0.05) is 23.7 Å². The number of hydrogen-bond acceptors (Lipinski definition) is 5. The quantitative estimate of drug-likeness (QED) is 0.679. The molecule has 1 aliphatic heterocycles. The number of nitrogens with one attached hydrogen (secondary N) is 1. The average molecular weight is 446 g/mol. The Bertz CT molecular complexity index is 963. The third-order valence-corrected chi connectivity index (χ3v) is 6.90. The highest BCUT2D eigenvalue weighted by Crippen LogP contribution is 2.41. The average Bonchev–Trinajstić information content (AvgIpc) is 2.73. The van der Waals surface area contributed by atoms with Crippen molar-refractivity contribution in [3.63, 3.8) is 0 Å². The molecule has 1 aliphatic rings. The van der Waals surface area contributed by atoms with E-state index in [2.05, 4.69) is 5.32 Å². The van der Waals surface area contributed by atoms with Gasteiger partial charge in [0, 0.05) is 35.8 Å². The molecular formula is C20H22ClF2NO4S. The fourth-order valence-corrected chi connectivity index (χ4v) is 4.70. The van der Waals surface area contributed by atoms with Gasteiger partial charge in [0.25, 0.3) is 0 Å². The molecule has 1 fully saturated rings. The van der Waals surface area contributed by atoms with Crippen LogP contribution in [-0.4, -0.2) is 41.0 Å². The maximum Gasteiger partial charge on any atom is 0.341 e. The van der Waals surface area contributed by atoms with Gasteiger partial charge in [0.2, 0.25) is 9.84 Å². The van der Waals surface area contributed by atoms with Gasteiger partial charge >= 0.3 is 5.76 Å². The Morgan fingerprint density at radius 2 is 1.90 bits per heavy atom. The second kappa shape index (κ2) is 8.85. The molecule has 0 saturated carbocycles. The monoisotopic (exact) mass is 445 g/mol. The highest BCUT2D eigenvalue weighted by Gasteiger charge is 2.38. The second-order valence-corrected chi connectivity index (χ2v) is 9.22. The maximum absolute atomic E-state index is 13.1. The van der Waals surface area contributed by atoms with Crippen molar-refractivity contribution in [2.45, 2.75) is 28.9 Å². The largest absolute Gasteiger partial charge is 0.496 e. The molecule has 2 aromatic carbocycles. The molecule has 29 heavy (non-hydrogen) atoms. The summed E-state index contributed by atoms with van der Waals surface area (Å²) in [5, 5.41) is 3.64. The van der Waals surface area contributed by atoms with Crippen LogP contribution in [0.3, 0.4) is 0 Å². The third-order valence-electron chi connectivity index (χ3n) is 5.23. The number of benzene rings is 2. The van der Waals surface area contributed by atoms with Crippen LogP contribution in [0, 0.1) is 0 Å². The summed E-state index contributed by atoms with van der Waals surface area (Å²) in [6.45, 7) is 1.32. The van der Waals surface area contributed by atoms with E-state index in [0.717, 1.165) is 5.56 Å². The molecule has 9 heteroatoms. The minimum absolute atomic E-state index is 0.139. The van der Waals surface area contributed by atoms with Gasteiger partial charge in [0.15, 0.2) is 0 Å². The summed E-state index contributed by atoms with van der Waals surface area (Å²) in [7, 11) is -3.16. The maximum atomic E-state index is 13.1. The van der Waals surface area contributed by atoms with E-state index in [-0.39, 0.29) is 5.69 Å². The van der Waals surface area contributed by atoms with Crippen LogP contribution >= 0.6 is 11.6 Å². The van der Waals surface area contributed by atoms with Crippen molar-refractivity contribution in [3.05, 3.63) is 53.1 Å². The van der Waals surface area contributed by atoms with Gasteiger partial charge in [0.1, 0.15) is 5.75 Å². The molecule has 1 heterocycles. The Balaban J connectivity index is 1.98. The van der Waals surface area contributed by atoms with Crippen molar-refractivity contribution < 1.29 is 26.7 Å². The van der Waals surface area contributed by atoms with Gasteiger partial charge in [-0.2, -0.15) is 8.78 Å². The summed E-state index contributed by atoms with van der Waals surface area (Å²) in [6.07, 6.45) is 1.28. The number of ether oxygens (including phenoxy) is 2. The van der Waals surface area contributed by atoms with Crippen LogP contribution in [0.15, 0.2) is 47.4 Å². The van der Waals surface area contributed by atoms with Gasteiger partial charge in [0.05, 0.1) is 17.7 Å². The van der Waals surface area contributed by atoms with Crippen LogP contribution in [0.1, 0.15) is 18.4 Å². The van der Waals surface area contributed by atoms with Gasteiger partial charge in [-0.25, -0.2) is 8.42 Å². The fraction of sp³-hybridized carbons (Fsp3) is 0.400. The number of hydrogen-bond donors (Lipinski definition) is 1. The zero-order valence-electron chi connectivity index (χ0n) is 15.8. The van der Waals surface area contributed by atoms with E-state index in [1.165, 1.54) is 18.2 Å². The molecule has 0 spiro atoms. The first kappa shape index (κ1) is 21.8. The van der Waals surface area contributed by atoms with E-state index in [0.29, 0.717) is 43.4 Å². The minimum Gasteiger partial charge on any atom is -0.496 e. The van der Waals surface area contributed by atoms with Crippen LogP contribution in [0.25, 0.3) is 0 Å². The number of methoxy groups -OCH3 is 1. The lowest BCUT2D eigenvalue weighted by atomic mass is 9.73. The van der Waals surface area contributed by atoms with Crippen LogP contribution in [0.4, 0.5) is 14.5 Å². The molecule has 3 rings (SSSR count). The smallest absolute Gasteiger partial charge is 0.341 e. The molecule has 0 aliphatic carbocycles. The van der Waals surface area contributed by atoms with Crippen molar-refractivity contribution in [3.8, 4) is 5.75 Å². The molecular weight excluding hydrogens is 424 g/mol. The third kappa shape index (κ3) is 4.49. The number of halogens is 3. The SMILES string of the molecule is COc1ccc(Cl)cc1C1(CNc2ccccc2S(=O)(=O)C(F)F)CCOCC1. The molecule has 5 nitrogen and oxygen atoms in total. The normalized spacial score (nSPS) is 16.6. The standard InChI is InChI=1S/C20H22ClF2NO4S/c1-27-17-7-6-14(21)12-15(17)20(8-10-28-11-9-20)13-24-16-4-2-3-5-18(16)29(25,26)19(22)23/h2-7,12,19,24H,8-11,13H2,1H3. The van der Waals surface area contributed by atoms with Crippen molar-refractivity contribution in [2.24, 2.45) is 0 Å². The minimum atomic E-state index is -4.73. The highest BCUT2D eigenvalue weighted by molar-refractivity contribution is 7.91. The fourth-order valence-electron chi connectivity index (χ4n) is 3.62. The van der Waals surface area contributed by atoms with Crippen molar-refractivity contribution in [1.29, 1.82) is 0 Å². The van der Waals surface area contributed by atoms with Crippen LogP contribution in [0.2, 0.25) is 5.02 Å². The Morgan fingerprint density at radius 3 is 2.55 bits per heavy atom. The Labute approximate surface area is 173 Å². The Morgan fingerprint density at radius 1 is 1.21 bits per heavy atom. The lowest BCUT2D eigenvalue weighted by molar-refractivity contribution is 0.0535. The summed E-state index contributed by atoms with van der Waals surface area (Å²) in [5.41, 5.74) is 0.549. The molecule has 158 valence electrons. The molecule has 0 aromatic heterocycles. The predicted octanol–water partition coefficient (Wildman–Crippen LogP) is 4.51. The second-order valence-electron chi connectivity index (χ2n) is 6.89. The number of sulfone groups is 1. The molecule has 0 bridgehead atoms. The van der Waals surface area contributed by atoms with Crippen LogP contribution in [-0.2, 0) is 20.0 Å². The Kier molecular flexibility index (Phi) is 6.65. The van der Waals surface area contributed by atoms with E-state index < -0.39 is 25.9 Å². The Hall–Kier alpha value is -1.90. The van der Waals surface area contributed by atoms with Crippen LogP contribution in [0.5, 0.6) is 5.75 Å². The summed E-state index contributed by atoms with van der Waals surface area (Å²) < 4.78 is 61.3. The predicted molar refractivity (Wildman–Crippen MR) is 108 cm³/mol. The number of alkyl halides is 2. The first-order chi connectivity index (χ1) is 13.8. The number of anilines is 1. The molecule has 1 N–H and O–H groups in total. The number of para-hydroxylation sites is 1. The van der Waals surface area contributed by atoms with Gasteiger partial charge in [-0.3, -0.25) is 0 Å². The van der Waals surface area contributed by atoms with Crippen molar-refractivity contribution in [1.82, 2.24) is 0 Å². The zero-order chi connectivity index (χ0) is 21.1. The molecule has 2 aromatic rings. The van der Waals surface area contributed by atoms with Crippen molar-refractivity contribution >= 4 is 27.1 Å².